The smallest absolute Gasteiger partial charge is 0.182 e. The van der Waals surface area contributed by atoms with Crippen LogP contribution >= 0.6 is 0 Å². The SMILES string of the molecule is CCCCCCCCCOC[N+](C)(C)CCCO. The van der Waals surface area contributed by atoms with Crippen molar-refractivity contribution < 1.29 is 14.3 Å². The maximum atomic E-state index is 8.81. The van der Waals surface area contributed by atoms with Gasteiger partial charge in [-0.25, -0.2) is 0 Å². The molecule has 3 nitrogen and oxygen atoms in total. The first kappa shape index (κ1) is 17.9. The van der Waals surface area contributed by atoms with Crippen molar-refractivity contribution >= 4 is 0 Å². The maximum Gasteiger partial charge on any atom is 0.182 e. The largest absolute Gasteiger partial charge is 0.396 e. The van der Waals surface area contributed by atoms with Gasteiger partial charge in [-0.15, -0.1) is 0 Å². The van der Waals surface area contributed by atoms with Crippen LogP contribution in [-0.4, -0.2) is 50.2 Å². The van der Waals surface area contributed by atoms with Crippen LogP contribution in [0.3, 0.4) is 0 Å². The topological polar surface area (TPSA) is 29.5 Å². The van der Waals surface area contributed by atoms with Crippen LogP contribution in [0.5, 0.6) is 0 Å². The molecule has 0 radical (unpaired) electrons. The summed E-state index contributed by atoms with van der Waals surface area (Å²) in [6, 6.07) is 0. The lowest BCUT2D eigenvalue weighted by Gasteiger charge is -2.28. The van der Waals surface area contributed by atoms with Gasteiger partial charge in [0.1, 0.15) is 0 Å². The molecule has 0 aromatic heterocycles. The lowest BCUT2D eigenvalue weighted by Crippen LogP contribution is -2.42. The van der Waals surface area contributed by atoms with Crippen LogP contribution in [0.1, 0.15) is 58.3 Å². The van der Waals surface area contributed by atoms with E-state index in [1.54, 1.807) is 0 Å². The molecule has 110 valence electrons. The highest BCUT2D eigenvalue weighted by Gasteiger charge is 2.13. The second-order valence-electron chi connectivity index (χ2n) is 5.90. The van der Waals surface area contributed by atoms with Crippen molar-refractivity contribution in [3.05, 3.63) is 0 Å². The van der Waals surface area contributed by atoms with Crippen LogP contribution in [0.4, 0.5) is 0 Å². The summed E-state index contributed by atoms with van der Waals surface area (Å²) in [5, 5.41) is 8.81. The van der Waals surface area contributed by atoms with E-state index in [1.807, 2.05) is 0 Å². The number of nitrogens with zero attached hydrogens (tertiary/aromatic N) is 1. The first-order valence-corrected chi connectivity index (χ1v) is 7.63. The summed E-state index contributed by atoms with van der Waals surface area (Å²) < 4.78 is 6.56. The van der Waals surface area contributed by atoms with Crippen LogP contribution < -0.4 is 0 Å². The Labute approximate surface area is 114 Å². The minimum Gasteiger partial charge on any atom is -0.396 e. The standard InChI is InChI=1S/C15H34NO2/c1-4-5-6-7-8-9-10-14-18-15-16(2,3)12-11-13-17/h17H,4-15H2,1-3H3/q+1. The van der Waals surface area contributed by atoms with Crippen LogP contribution in [0.15, 0.2) is 0 Å². The molecule has 0 saturated carbocycles. The van der Waals surface area contributed by atoms with E-state index in [0.29, 0.717) is 0 Å². The van der Waals surface area contributed by atoms with Crippen molar-refractivity contribution in [2.24, 2.45) is 0 Å². The zero-order valence-electron chi connectivity index (χ0n) is 12.8. The second-order valence-corrected chi connectivity index (χ2v) is 5.90. The fourth-order valence-electron chi connectivity index (χ4n) is 2.04. The third kappa shape index (κ3) is 12.3. The first-order valence-electron chi connectivity index (χ1n) is 7.63. The maximum absolute atomic E-state index is 8.81. The summed E-state index contributed by atoms with van der Waals surface area (Å²) in [4.78, 5) is 0. The molecule has 3 heteroatoms. The number of aliphatic hydroxyl groups excluding tert-OH is 1. The lowest BCUT2D eigenvalue weighted by atomic mass is 10.1. The van der Waals surface area contributed by atoms with E-state index >= 15 is 0 Å². The summed E-state index contributed by atoms with van der Waals surface area (Å²) in [7, 11) is 4.31. The van der Waals surface area contributed by atoms with Gasteiger partial charge in [-0.05, 0) is 6.42 Å². The molecule has 0 amide bonds. The summed E-state index contributed by atoms with van der Waals surface area (Å²) in [5.41, 5.74) is 0. The fraction of sp³-hybridized carbons (Fsp3) is 1.00. The molecule has 0 rings (SSSR count). The molecule has 0 aliphatic rings. The fourth-order valence-corrected chi connectivity index (χ4v) is 2.04. The van der Waals surface area contributed by atoms with Gasteiger partial charge in [-0.1, -0.05) is 45.4 Å². The van der Waals surface area contributed by atoms with E-state index in [-0.39, 0.29) is 6.61 Å². The molecule has 0 aliphatic carbocycles. The van der Waals surface area contributed by atoms with Crippen LogP contribution in [-0.2, 0) is 4.74 Å². The number of hydrogen-bond donors (Lipinski definition) is 1. The zero-order valence-corrected chi connectivity index (χ0v) is 12.8. The normalized spacial score (nSPS) is 12.0. The number of unbranched alkanes of at least 4 members (excludes halogenated alkanes) is 6. The molecular weight excluding hydrogens is 226 g/mol. The van der Waals surface area contributed by atoms with Crippen molar-refractivity contribution in [1.82, 2.24) is 0 Å². The Kier molecular flexibility index (Phi) is 11.9. The van der Waals surface area contributed by atoms with Gasteiger partial charge < -0.3 is 14.3 Å². The van der Waals surface area contributed by atoms with Gasteiger partial charge in [-0.2, -0.15) is 0 Å². The molecule has 0 spiro atoms. The average Bonchev–Trinajstić information content (AvgIpc) is 2.34. The predicted octanol–water partition coefficient (Wildman–Crippen LogP) is 3.17. The molecule has 0 fully saturated rings. The third-order valence-electron chi connectivity index (χ3n) is 3.25. The molecule has 0 aromatic rings. The quantitative estimate of drug-likeness (QED) is 0.313. The Morgan fingerprint density at radius 2 is 1.50 bits per heavy atom. The number of rotatable bonds is 13. The van der Waals surface area contributed by atoms with Crippen LogP contribution in [0.25, 0.3) is 0 Å². The van der Waals surface area contributed by atoms with Gasteiger partial charge in [0.25, 0.3) is 0 Å². The van der Waals surface area contributed by atoms with Crippen LogP contribution in [0, 0.1) is 0 Å². The lowest BCUT2D eigenvalue weighted by molar-refractivity contribution is -0.909. The zero-order chi connectivity index (χ0) is 13.7. The van der Waals surface area contributed by atoms with E-state index in [4.69, 9.17) is 9.84 Å². The Morgan fingerprint density at radius 1 is 0.889 bits per heavy atom. The molecule has 0 aliphatic heterocycles. The Balaban J connectivity index is 3.23. The van der Waals surface area contributed by atoms with Gasteiger partial charge in [0.05, 0.1) is 27.2 Å². The minimum absolute atomic E-state index is 0.277. The van der Waals surface area contributed by atoms with Crippen molar-refractivity contribution in [1.29, 1.82) is 0 Å². The highest BCUT2D eigenvalue weighted by atomic mass is 16.5. The average molecular weight is 260 g/mol. The summed E-state index contributed by atoms with van der Waals surface area (Å²) in [6.45, 7) is 5.15. The predicted molar refractivity (Wildman–Crippen MR) is 77.5 cm³/mol. The molecule has 0 unspecified atom stereocenters. The van der Waals surface area contributed by atoms with Crippen molar-refractivity contribution in [3.63, 3.8) is 0 Å². The highest BCUT2D eigenvalue weighted by molar-refractivity contribution is 4.44. The number of aliphatic hydroxyl groups is 1. The molecule has 0 saturated heterocycles. The summed E-state index contributed by atoms with van der Waals surface area (Å²) in [5.74, 6) is 0. The van der Waals surface area contributed by atoms with Crippen molar-refractivity contribution in [2.75, 3.05) is 40.6 Å². The Morgan fingerprint density at radius 3 is 2.11 bits per heavy atom. The molecule has 1 N–H and O–H groups in total. The van der Waals surface area contributed by atoms with Crippen molar-refractivity contribution in [3.8, 4) is 0 Å². The van der Waals surface area contributed by atoms with E-state index in [9.17, 15) is 0 Å². The van der Waals surface area contributed by atoms with Crippen LogP contribution in [0.2, 0.25) is 0 Å². The van der Waals surface area contributed by atoms with Gasteiger partial charge in [0.2, 0.25) is 0 Å². The highest BCUT2D eigenvalue weighted by Crippen LogP contribution is 2.07. The van der Waals surface area contributed by atoms with Gasteiger partial charge in [0.15, 0.2) is 6.73 Å². The Bertz CT molecular complexity index is 172. The molecule has 0 bridgehead atoms. The second kappa shape index (κ2) is 11.9. The molecule has 18 heavy (non-hydrogen) atoms. The minimum atomic E-state index is 0.277. The van der Waals surface area contributed by atoms with Gasteiger partial charge in [0, 0.05) is 13.0 Å². The molecule has 0 heterocycles. The number of quaternary nitrogens is 1. The Hall–Kier alpha value is -0.120. The summed E-state index contributed by atoms with van der Waals surface area (Å²) in [6.07, 6.45) is 10.2. The van der Waals surface area contributed by atoms with Gasteiger partial charge in [-0.3, -0.25) is 0 Å². The first-order chi connectivity index (χ1) is 8.62. The van der Waals surface area contributed by atoms with Gasteiger partial charge >= 0.3 is 0 Å². The summed E-state index contributed by atoms with van der Waals surface area (Å²) >= 11 is 0. The monoisotopic (exact) mass is 260 g/mol. The molecule has 0 atom stereocenters. The third-order valence-corrected chi connectivity index (χ3v) is 3.25. The van der Waals surface area contributed by atoms with E-state index in [2.05, 4.69) is 21.0 Å². The van der Waals surface area contributed by atoms with E-state index in [1.165, 1.54) is 44.9 Å². The van der Waals surface area contributed by atoms with E-state index in [0.717, 1.165) is 30.8 Å². The van der Waals surface area contributed by atoms with Crippen molar-refractivity contribution in [2.45, 2.75) is 58.3 Å². The molecule has 0 aromatic carbocycles. The van der Waals surface area contributed by atoms with E-state index < -0.39 is 0 Å². The number of ether oxygens (including phenoxy) is 1. The molecular formula is C15H34NO2+. The number of hydrogen-bond acceptors (Lipinski definition) is 2.